The average molecular weight is 373 g/mol. The van der Waals surface area contributed by atoms with Crippen molar-refractivity contribution in [3.05, 3.63) is 52.5 Å². The van der Waals surface area contributed by atoms with Gasteiger partial charge in [0.25, 0.3) is 11.8 Å². The Morgan fingerprint density at radius 3 is 2.69 bits per heavy atom. The predicted octanol–water partition coefficient (Wildman–Crippen LogP) is 3.35. The number of hydrogen-bond donors (Lipinski definition) is 1. The Kier molecular flexibility index (Phi) is 6.52. The van der Waals surface area contributed by atoms with Crippen molar-refractivity contribution in [1.29, 1.82) is 0 Å². The summed E-state index contributed by atoms with van der Waals surface area (Å²) in [5.41, 5.74) is 0.937. The van der Waals surface area contributed by atoms with Gasteiger partial charge in [-0.1, -0.05) is 20.4 Å². The van der Waals surface area contributed by atoms with E-state index in [1.165, 1.54) is 18.1 Å². The molecule has 0 atom stereocenters. The van der Waals surface area contributed by atoms with Gasteiger partial charge in [0.2, 0.25) is 0 Å². The van der Waals surface area contributed by atoms with Crippen LogP contribution in [0.15, 0.2) is 37.1 Å². The molecule has 0 saturated carbocycles. The molecule has 0 aliphatic rings. The fraction of sp³-hybridized carbons (Fsp3) is 0.316. The molecule has 0 spiro atoms. The van der Waals surface area contributed by atoms with Gasteiger partial charge in [-0.3, -0.25) is 14.5 Å². The Balaban J connectivity index is 2.46. The van der Waals surface area contributed by atoms with Crippen LogP contribution >= 0.6 is 11.3 Å². The number of aromatic nitrogens is 1. The lowest BCUT2D eigenvalue weighted by Crippen LogP contribution is -2.29. The molecule has 0 unspecified atom stereocenters. The lowest BCUT2D eigenvalue weighted by Gasteiger charge is -2.23. The van der Waals surface area contributed by atoms with Crippen molar-refractivity contribution in [1.82, 2.24) is 10.3 Å². The first-order valence-corrected chi connectivity index (χ1v) is 9.01. The van der Waals surface area contributed by atoms with E-state index in [4.69, 9.17) is 4.74 Å². The molecule has 1 aromatic carbocycles. The highest BCUT2D eigenvalue weighted by Gasteiger charge is 2.21. The van der Waals surface area contributed by atoms with Crippen molar-refractivity contribution < 1.29 is 14.3 Å². The van der Waals surface area contributed by atoms with Gasteiger partial charge >= 0.3 is 0 Å². The molecule has 1 heterocycles. The maximum Gasteiger partial charge on any atom is 0.251 e. The van der Waals surface area contributed by atoms with Crippen molar-refractivity contribution in [2.45, 2.75) is 26.3 Å². The van der Waals surface area contributed by atoms with Gasteiger partial charge in [-0.2, -0.15) is 0 Å². The molecule has 26 heavy (non-hydrogen) atoms. The van der Waals surface area contributed by atoms with Gasteiger partial charge in [0.05, 0.1) is 19.3 Å². The Morgan fingerprint density at radius 2 is 2.15 bits per heavy atom. The number of rotatable bonds is 7. The maximum atomic E-state index is 12.5. The second kappa shape index (κ2) is 8.62. The van der Waals surface area contributed by atoms with E-state index in [9.17, 15) is 9.59 Å². The Bertz CT molecular complexity index is 814. The van der Waals surface area contributed by atoms with Gasteiger partial charge in [-0.15, -0.1) is 11.3 Å². The minimum atomic E-state index is -0.293. The number of carbonyl (C=O) groups excluding carboxylic acids is 2. The van der Waals surface area contributed by atoms with Crippen LogP contribution < -0.4 is 15.0 Å². The minimum absolute atomic E-state index is 0.240. The summed E-state index contributed by atoms with van der Waals surface area (Å²) in [5, 5.41) is 3.38. The topological polar surface area (TPSA) is 71.5 Å². The third-order valence-corrected chi connectivity index (χ3v) is 5.12. The molecule has 2 aromatic rings. The van der Waals surface area contributed by atoms with E-state index in [0.717, 1.165) is 9.88 Å². The van der Waals surface area contributed by atoms with E-state index < -0.39 is 0 Å². The van der Waals surface area contributed by atoms with E-state index in [1.807, 2.05) is 6.20 Å². The summed E-state index contributed by atoms with van der Waals surface area (Å²) < 4.78 is 5.39. The molecule has 0 saturated heterocycles. The fourth-order valence-electron chi connectivity index (χ4n) is 2.38. The van der Waals surface area contributed by atoms with Crippen LogP contribution in [0.4, 0.5) is 5.69 Å². The van der Waals surface area contributed by atoms with Crippen LogP contribution in [-0.4, -0.2) is 31.0 Å². The first kappa shape index (κ1) is 19.7. The molecule has 0 aliphatic heterocycles. The summed E-state index contributed by atoms with van der Waals surface area (Å²) in [7, 11) is 3.08. The lowest BCUT2D eigenvalue weighted by atomic mass is 10.1. The predicted molar refractivity (Wildman–Crippen MR) is 104 cm³/mol. The van der Waals surface area contributed by atoms with Crippen molar-refractivity contribution in [3.8, 4) is 5.75 Å². The molecular weight excluding hydrogens is 350 g/mol. The number of hydrogen-bond acceptors (Lipinski definition) is 5. The van der Waals surface area contributed by atoms with Crippen LogP contribution in [0.5, 0.6) is 5.75 Å². The highest BCUT2D eigenvalue weighted by molar-refractivity contribution is 7.11. The normalized spacial score (nSPS) is 10.5. The maximum absolute atomic E-state index is 12.5. The monoisotopic (exact) mass is 373 g/mol. The van der Waals surface area contributed by atoms with Gasteiger partial charge in [0, 0.05) is 23.7 Å². The van der Waals surface area contributed by atoms with Crippen LogP contribution in [0.25, 0.3) is 0 Å². The van der Waals surface area contributed by atoms with Crippen molar-refractivity contribution >= 4 is 28.8 Å². The highest BCUT2D eigenvalue weighted by Crippen LogP contribution is 2.32. The molecule has 7 heteroatoms. The van der Waals surface area contributed by atoms with Gasteiger partial charge in [-0.05, 0) is 30.2 Å². The van der Waals surface area contributed by atoms with Gasteiger partial charge < -0.3 is 10.1 Å². The molecule has 2 rings (SSSR count). The molecule has 6 nitrogen and oxygen atoms in total. The number of methoxy groups -OCH3 is 1. The molecule has 138 valence electrons. The van der Waals surface area contributed by atoms with E-state index in [0.29, 0.717) is 22.9 Å². The molecule has 1 N–H and O–H groups in total. The SMILES string of the molecule is C=CC(=O)N(Cc1ncc(C(C)C)s1)c1cc(C(=O)NC)ccc1OC. The second-order valence-electron chi connectivity index (χ2n) is 5.91. The summed E-state index contributed by atoms with van der Waals surface area (Å²) in [6.45, 7) is 8.05. The van der Waals surface area contributed by atoms with E-state index in [2.05, 4.69) is 30.7 Å². The third kappa shape index (κ3) is 4.29. The number of nitrogens with zero attached hydrogens (tertiary/aromatic N) is 2. The summed E-state index contributed by atoms with van der Waals surface area (Å²) >= 11 is 1.56. The quantitative estimate of drug-likeness (QED) is 0.756. The molecule has 2 amide bonds. The van der Waals surface area contributed by atoms with Gasteiger partial charge in [0.1, 0.15) is 10.8 Å². The summed E-state index contributed by atoms with van der Waals surface area (Å²) in [6, 6.07) is 4.96. The first-order chi connectivity index (χ1) is 12.4. The van der Waals surface area contributed by atoms with Crippen molar-refractivity contribution in [3.63, 3.8) is 0 Å². The average Bonchev–Trinajstić information content (AvgIpc) is 3.13. The van der Waals surface area contributed by atoms with Gasteiger partial charge in [-0.25, -0.2) is 4.98 Å². The number of anilines is 1. The smallest absolute Gasteiger partial charge is 0.251 e. The second-order valence-corrected chi connectivity index (χ2v) is 7.05. The summed E-state index contributed by atoms with van der Waals surface area (Å²) in [4.78, 5) is 31.6. The Labute approximate surface area is 157 Å². The summed E-state index contributed by atoms with van der Waals surface area (Å²) in [5.74, 6) is 0.333. The molecule has 0 fully saturated rings. The first-order valence-electron chi connectivity index (χ1n) is 8.19. The summed E-state index contributed by atoms with van der Waals surface area (Å²) in [6.07, 6.45) is 3.07. The molecule has 0 radical (unpaired) electrons. The highest BCUT2D eigenvalue weighted by atomic mass is 32.1. The molecular formula is C19H23N3O3S. The number of amides is 2. The lowest BCUT2D eigenvalue weighted by molar-refractivity contribution is -0.114. The third-order valence-electron chi connectivity index (χ3n) is 3.83. The molecule has 1 aromatic heterocycles. The Morgan fingerprint density at radius 1 is 1.42 bits per heavy atom. The van der Waals surface area contributed by atoms with Crippen molar-refractivity contribution in [2.24, 2.45) is 0 Å². The van der Waals surface area contributed by atoms with Gasteiger partial charge in [0.15, 0.2) is 0 Å². The van der Waals surface area contributed by atoms with Crippen LogP contribution in [0, 0.1) is 0 Å². The molecule has 0 aliphatic carbocycles. The number of thiazole rings is 1. The van der Waals surface area contributed by atoms with E-state index in [-0.39, 0.29) is 18.4 Å². The number of ether oxygens (including phenoxy) is 1. The number of nitrogens with one attached hydrogen (secondary N) is 1. The van der Waals surface area contributed by atoms with E-state index >= 15 is 0 Å². The van der Waals surface area contributed by atoms with E-state index in [1.54, 1.807) is 36.6 Å². The van der Waals surface area contributed by atoms with Crippen LogP contribution in [0.2, 0.25) is 0 Å². The van der Waals surface area contributed by atoms with Crippen LogP contribution in [-0.2, 0) is 11.3 Å². The largest absolute Gasteiger partial charge is 0.495 e. The molecule has 0 bridgehead atoms. The van der Waals surface area contributed by atoms with Crippen LogP contribution in [0.1, 0.15) is 40.0 Å². The number of carbonyl (C=O) groups is 2. The Hall–Kier alpha value is -2.67. The zero-order chi connectivity index (χ0) is 19.3. The van der Waals surface area contributed by atoms with Crippen molar-refractivity contribution in [2.75, 3.05) is 19.1 Å². The number of benzene rings is 1. The van der Waals surface area contributed by atoms with Crippen LogP contribution in [0.3, 0.4) is 0 Å². The minimum Gasteiger partial charge on any atom is -0.495 e. The fourth-order valence-corrected chi connectivity index (χ4v) is 3.29. The zero-order valence-electron chi connectivity index (χ0n) is 15.4. The standard InChI is InChI=1S/C19H23N3O3S/c1-6-18(23)22(11-17-21-10-16(26-17)12(2)3)14-9-13(19(24)20-4)7-8-15(14)25-5/h6-10,12H,1,11H2,2-5H3,(H,20,24). The zero-order valence-corrected chi connectivity index (χ0v) is 16.2.